The standard InChI is InChI=1S/C16H21FN2OS/c1-21-11-5-4-10-19-14(12-6-2-3-7-13(12)17)18-16(8-9-16)15(19)20/h2-3,6-7,14,18H,4-5,8-11H2,1H3. The molecule has 1 aliphatic heterocycles. The summed E-state index contributed by atoms with van der Waals surface area (Å²) in [6, 6.07) is 6.75. The molecule has 5 heteroatoms. The van der Waals surface area contributed by atoms with E-state index in [1.807, 2.05) is 22.7 Å². The van der Waals surface area contributed by atoms with Gasteiger partial charge in [-0.2, -0.15) is 11.8 Å². The molecule has 1 heterocycles. The van der Waals surface area contributed by atoms with Crippen LogP contribution in [0.3, 0.4) is 0 Å². The number of benzene rings is 1. The molecule has 2 aliphatic rings. The second-order valence-electron chi connectivity index (χ2n) is 5.85. The van der Waals surface area contributed by atoms with Gasteiger partial charge in [-0.1, -0.05) is 18.2 Å². The fraction of sp³-hybridized carbons (Fsp3) is 0.562. The van der Waals surface area contributed by atoms with Crippen molar-refractivity contribution in [2.75, 3.05) is 18.6 Å². The average Bonchev–Trinajstić information content (AvgIpc) is 3.21. The largest absolute Gasteiger partial charge is 0.321 e. The summed E-state index contributed by atoms with van der Waals surface area (Å²) < 4.78 is 14.1. The van der Waals surface area contributed by atoms with Crippen LogP contribution in [-0.4, -0.2) is 34.9 Å². The van der Waals surface area contributed by atoms with E-state index in [9.17, 15) is 9.18 Å². The lowest BCUT2D eigenvalue weighted by atomic mass is 10.1. The maximum absolute atomic E-state index is 14.1. The molecule has 2 fully saturated rings. The van der Waals surface area contributed by atoms with Gasteiger partial charge in [-0.05, 0) is 43.8 Å². The number of carbonyl (C=O) groups excluding carboxylic acids is 1. The molecule has 1 saturated carbocycles. The topological polar surface area (TPSA) is 32.3 Å². The number of halogens is 1. The van der Waals surface area contributed by atoms with Crippen molar-refractivity contribution in [3.63, 3.8) is 0 Å². The van der Waals surface area contributed by atoms with Gasteiger partial charge in [0.1, 0.15) is 17.5 Å². The molecule has 1 N–H and O–H groups in total. The average molecular weight is 308 g/mol. The third kappa shape index (κ3) is 2.81. The van der Waals surface area contributed by atoms with Gasteiger partial charge in [0, 0.05) is 12.1 Å². The molecule has 1 aromatic carbocycles. The highest BCUT2D eigenvalue weighted by atomic mass is 32.2. The molecule has 1 atom stereocenters. The second-order valence-corrected chi connectivity index (χ2v) is 6.83. The molecular formula is C16H21FN2OS. The van der Waals surface area contributed by atoms with Crippen molar-refractivity contribution >= 4 is 17.7 Å². The van der Waals surface area contributed by atoms with E-state index in [0.29, 0.717) is 12.1 Å². The minimum atomic E-state index is -0.396. The van der Waals surface area contributed by atoms with E-state index in [-0.39, 0.29) is 17.9 Å². The number of hydrogen-bond acceptors (Lipinski definition) is 3. The van der Waals surface area contributed by atoms with E-state index in [1.54, 1.807) is 12.1 Å². The van der Waals surface area contributed by atoms with E-state index in [2.05, 4.69) is 11.6 Å². The van der Waals surface area contributed by atoms with Gasteiger partial charge in [0.25, 0.3) is 0 Å². The lowest BCUT2D eigenvalue weighted by Crippen LogP contribution is -2.33. The summed E-state index contributed by atoms with van der Waals surface area (Å²) in [5.41, 5.74) is 0.186. The highest BCUT2D eigenvalue weighted by molar-refractivity contribution is 7.98. The Labute approximate surface area is 129 Å². The van der Waals surface area contributed by atoms with E-state index in [0.717, 1.165) is 31.4 Å². The molecule has 1 aliphatic carbocycles. The number of unbranched alkanes of at least 4 members (excludes halogenated alkanes) is 1. The molecule has 0 aromatic heterocycles. The van der Waals surface area contributed by atoms with Gasteiger partial charge in [-0.3, -0.25) is 10.1 Å². The van der Waals surface area contributed by atoms with Crippen LogP contribution in [-0.2, 0) is 4.79 Å². The fourth-order valence-corrected chi connectivity index (χ4v) is 3.47. The van der Waals surface area contributed by atoms with Gasteiger partial charge < -0.3 is 4.90 Å². The van der Waals surface area contributed by atoms with E-state index in [4.69, 9.17) is 0 Å². The molecule has 3 nitrogen and oxygen atoms in total. The van der Waals surface area contributed by atoms with Crippen LogP contribution in [0, 0.1) is 5.82 Å². The van der Waals surface area contributed by atoms with E-state index >= 15 is 0 Å². The number of nitrogens with zero attached hydrogens (tertiary/aromatic N) is 1. The molecular weight excluding hydrogens is 287 g/mol. The molecule has 21 heavy (non-hydrogen) atoms. The first-order valence-electron chi connectivity index (χ1n) is 7.50. The lowest BCUT2D eigenvalue weighted by molar-refractivity contribution is -0.130. The summed E-state index contributed by atoms with van der Waals surface area (Å²) in [7, 11) is 0. The molecule has 0 radical (unpaired) electrons. The minimum absolute atomic E-state index is 0.153. The van der Waals surface area contributed by atoms with Crippen LogP contribution >= 0.6 is 11.8 Å². The number of rotatable bonds is 6. The SMILES string of the molecule is CSCCCCN1C(=O)C2(CC2)NC1c1ccccc1F. The van der Waals surface area contributed by atoms with E-state index in [1.165, 1.54) is 6.07 Å². The third-order valence-corrected chi connectivity index (χ3v) is 5.04. The maximum atomic E-state index is 14.1. The Kier molecular flexibility index (Phi) is 4.22. The Hall–Kier alpha value is -1.07. The molecule has 1 aromatic rings. The van der Waals surface area contributed by atoms with Crippen LogP contribution in [0.5, 0.6) is 0 Å². The van der Waals surface area contributed by atoms with Crippen LogP contribution in [0.1, 0.15) is 37.4 Å². The van der Waals surface area contributed by atoms with Crippen molar-refractivity contribution in [3.8, 4) is 0 Å². The molecule has 1 spiro atoms. The predicted molar refractivity (Wildman–Crippen MR) is 83.6 cm³/mol. The normalized spacial score (nSPS) is 23.0. The number of amides is 1. The second kappa shape index (κ2) is 5.97. The van der Waals surface area contributed by atoms with Gasteiger partial charge in [0.2, 0.25) is 5.91 Å². The summed E-state index contributed by atoms with van der Waals surface area (Å²) in [5, 5.41) is 3.37. The Morgan fingerprint density at radius 2 is 2.14 bits per heavy atom. The fourth-order valence-electron chi connectivity index (χ4n) is 2.98. The summed E-state index contributed by atoms with van der Waals surface area (Å²) in [5.74, 6) is 1.01. The van der Waals surface area contributed by atoms with Crippen molar-refractivity contribution in [2.24, 2.45) is 0 Å². The minimum Gasteiger partial charge on any atom is -0.321 e. The number of thioether (sulfide) groups is 1. The van der Waals surface area contributed by atoms with Crippen LogP contribution in [0.4, 0.5) is 4.39 Å². The Morgan fingerprint density at radius 3 is 2.81 bits per heavy atom. The molecule has 1 amide bonds. The van der Waals surface area contributed by atoms with Gasteiger partial charge in [0.15, 0.2) is 0 Å². The summed E-state index contributed by atoms with van der Waals surface area (Å²) in [4.78, 5) is 14.4. The lowest BCUT2D eigenvalue weighted by Gasteiger charge is -2.24. The highest BCUT2D eigenvalue weighted by Gasteiger charge is 2.59. The Morgan fingerprint density at radius 1 is 1.38 bits per heavy atom. The zero-order valence-corrected chi connectivity index (χ0v) is 13.1. The zero-order chi connectivity index (χ0) is 14.9. The van der Waals surface area contributed by atoms with Gasteiger partial charge in [-0.15, -0.1) is 0 Å². The monoisotopic (exact) mass is 308 g/mol. The first-order valence-corrected chi connectivity index (χ1v) is 8.89. The molecule has 3 rings (SSSR count). The third-order valence-electron chi connectivity index (χ3n) is 4.34. The van der Waals surface area contributed by atoms with E-state index < -0.39 is 5.54 Å². The van der Waals surface area contributed by atoms with Crippen LogP contribution in [0.25, 0.3) is 0 Å². The Balaban J connectivity index is 1.77. The Bertz CT molecular complexity index is 533. The molecule has 0 bridgehead atoms. The highest BCUT2D eigenvalue weighted by Crippen LogP contribution is 2.46. The zero-order valence-electron chi connectivity index (χ0n) is 12.3. The summed E-state index contributed by atoms with van der Waals surface area (Å²) in [6.45, 7) is 0.702. The van der Waals surface area contributed by atoms with Crippen molar-refractivity contribution in [1.29, 1.82) is 0 Å². The van der Waals surface area contributed by atoms with Gasteiger partial charge in [0.05, 0.1) is 0 Å². The number of carbonyl (C=O) groups is 1. The summed E-state index contributed by atoms with van der Waals surface area (Å²) >= 11 is 1.82. The van der Waals surface area contributed by atoms with Crippen molar-refractivity contribution < 1.29 is 9.18 Å². The maximum Gasteiger partial charge on any atom is 0.244 e. The van der Waals surface area contributed by atoms with Crippen molar-refractivity contribution in [3.05, 3.63) is 35.6 Å². The van der Waals surface area contributed by atoms with Crippen LogP contribution in [0.15, 0.2) is 24.3 Å². The molecule has 1 saturated heterocycles. The quantitative estimate of drug-likeness (QED) is 0.820. The smallest absolute Gasteiger partial charge is 0.244 e. The van der Waals surface area contributed by atoms with Gasteiger partial charge >= 0.3 is 0 Å². The number of nitrogens with one attached hydrogen (secondary N) is 1. The predicted octanol–water partition coefficient (Wildman–Crippen LogP) is 2.93. The van der Waals surface area contributed by atoms with Crippen molar-refractivity contribution in [1.82, 2.24) is 10.2 Å². The van der Waals surface area contributed by atoms with Crippen molar-refractivity contribution in [2.45, 2.75) is 37.4 Å². The molecule has 114 valence electrons. The van der Waals surface area contributed by atoms with Crippen LogP contribution < -0.4 is 5.32 Å². The molecule has 1 unspecified atom stereocenters. The summed E-state index contributed by atoms with van der Waals surface area (Å²) in [6.07, 6.45) is 5.58. The first kappa shape index (κ1) is 14.9. The van der Waals surface area contributed by atoms with Gasteiger partial charge in [-0.25, -0.2) is 4.39 Å². The number of hydrogen-bond donors (Lipinski definition) is 1. The first-order chi connectivity index (χ1) is 10.2. The van der Waals surface area contributed by atoms with Crippen LogP contribution in [0.2, 0.25) is 0 Å².